The van der Waals surface area contributed by atoms with E-state index in [1.165, 1.54) is 0 Å². The Morgan fingerprint density at radius 3 is 2.45 bits per heavy atom. The van der Waals surface area contributed by atoms with Crippen molar-refractivity contribution in [1.82, 2.24) is 26.1 Å². The van der Waals surface area contributed by atoms with Gasteiger partial charge in [-0.2, -0.15) is 0 Å². The van der Waals surface area contributed by atoms with Crippen LogP contribution in [-0.2, 0) is 6.54 Å². The third-order valence-corrected chi connectivity index (χ3v) is 7.81. The summed E-state index contributed by atoms with van der Waals surface area (Å²) < 4.78 is 28.8. The first kappa shape index (κ1) is 29.2. The van der Waals surface area contributed by atoms with Crippen molar-refractivity contribution in [3.05, 3.63) is 115 Å². The van der Waals surface area contributed by atoms with Crippen LogP contribution < -0.4 is 16.1 Å². The Labute approximate surface area is 236 Å². The molecule has 40 heavy (non-hydrogen) atoms. The molecule has 5 nitrogen and oxygen atoms in total. The molecule has 0 spiro atoms. The zero-order valence-corrected chi connectivity index (χ0v) is 23.6. The molecule has 4 N–H and O–H groups in total. The maximum atomic E-state index is 14.4. The van der Waals surface area contributed by atoms with Gasteiger partial charge < -0.3 is 20.6 Å². The molecule has 1 fully saturated rings. The number of allylic oxidation sites excluding steroid dienone is 1. The van der Waals surface area contributed by atoms with E-state index in [1.54, 1.807) is 11.9 Å². The van der Waals surface area contributed by atoms with Crippen LogP contribution in [0.15, 0.2) is 104 Å². The van der Waals surface area contributed by atoms with Gasteiger partial charge in [-0.25, -0.2) is 14.2 Å². The van der Waals surface area contributed by atoms with E-state index in [0.717, 1.165) is 53.3 Å². The van der Waals surface area contributed by atoms with Gasteiger partial charge in [-0.3, -0.25) is 0 Å². The smallest absolute Gasteiger partial charge is 0.249 e. The van der Waals surface area contributed by atoms with Gasteiger partial charge in [0.15, 0.2) is 0 Å². The summed E-state index contributed by atoms with van der Waals surface area (Å²) in [5, 5.41) is 9.50. The molecule has 0 radical (unpaired) electrons. The van der Waals surface area contributed by atoms with Crippen LogP contribution in [0.25, 0.3) is 16.6 Å². The zero-order chi connectivity index (χ0) is 28.9. The maximum absolute atomic E-state index is 14.4. The van der Waals surface area contributed by atoms with E-state index in [2.05, 4.69) is 47.4 Å². The molecule has 0 saturated carbocycles. The highest BCUT2D eigenvalue weighted by Crippen LogP contribution is 2.30. The van der Waals surface area contributed by atoms with E-state index in [-0.39, 0.29) is 18.5 Å². The minimum Gasteiger partial charge on any atom is -0.389 e. The molecule has 1 aliphatic rings. The van der Waals surface area contributed by atoms with Crippen molar-refractivity contribution < 1.29 is 8.78 Å². The quantitative estimate of drug-likeness (QED) is 0.130. The van der Waals surface area contributed by atoms with Gasteiger partial charge >= 0.3 is 0 Å². The highest BCUT2D eigenvalue weighted by molar-refractivity contribution is 5.84. The number of aromatic nitrogens is 1. The van der Waals surface area contributed by atoms with E-state index >= 15 is 0 Å². The number of benzene rings is 2. The maximum Gasteiger partial charge on any atom is 0.249 e. The van der Waals surface area contributed by atoms with Crippen molar-refractivity contribution in [1.29, 1.82) is 0 Å². The molecule has 2 aromatic carbocycles. The van der Waals surface area contributed by atoms with Crippen molar-refractivity contribution in [3.8, 4) is 0 Å². The summed E-state index contributed by atoms with van der Waals surface area (Å²) in [6.45, 7) is 21.2. The standard InChI is InChI=1S/C33H41F2N5/c1-22(33(6,34)35)21-40(26(5)32-19-29-14-10-11-15-30(29)38-32)39-31(18-28-16-17-36-25(28)4)23(2)24(3)37-20-27-12-8-7-9-13-27/h7-15,19,22,28,31,36-39H,2-5,16-18,20-21H2,1,6H3. The average Bonchev–Trinajstić information content (AvgIpc) is 3.55. The van der Waals surface area contributed by atoms with Gasteiger partial charge in [0.05, 0.1) is 17.4 Å². The Hall–Kier alpha value is -3.84. The lowest BCUT2D eigenvalue weighted by atomic mass is 9.92. The molecule has 3 unspecified atom stereocenters. The molecular formula is C33H41F2N5. The number of alkyl halides is 2. The lowest BCUT2D eigenvalue weighted by Crippen LogP contribution is -2.49. The Kier molecular flexibility index (Phi) is 9.15. The van der Waals surface area contributed by atoms with Crippen LogP contribution in [0.2, 0.25) is 0 Å². The van der Waals surface area contributed by atoms with Gasteiger partial charge in [-0.1, -0.05) is 81.8 Å². The fourth-order valence-corrected chi connectivity index (χ4v) is 4.91. The average molecular weight is 546 g/mol. The molecule has 2 heterocycles. The fraction of sp³-hybridized carbons (Fsp3) is 0.333. The lowest BCUT2D eigenvalue weighted by Gasteiger charge is -2.36. The summed E-state index contributed by atoms with van der Waals surface area (Å²) in [7, 11) is 0. The van der Waals surface area contributed by atoms with Crippen LogP contribution in [0.4, 0.5) is 8.78 Å². The summed E-state index contributed by atoms with van der Waals surface area (Å²) in [5.41, 5.74) is 9.41. The van der Waals surface area contributed by atoms with Gasteiger partial charge in [-0.05, 0) is 43.0 Å². The van der Waals surface area contributed by atoms with Gasteiger partial charge in [0, 0.05) is 53.8 Å². The monoisotopic (exact) mass is 545 g/mol. The Morgan fingerprint density at radius 2 is 1.80 bits per heavy atom. The fourth-order valence-electron chi connectivity index (χ4n) is 4.91. The molecule has 3 aromatic rings. The van der Waals surface area contributed by atoms with Gasteiger partial charge in [0.1, 0.15) is 0 Å². The van der Waals surface area contributed by atoms with E-state index in [0.29, 0.717) is 24.4 Å². The summed E-state index contributed by atoms with van der Waals surface area (Å²) in [5.74, 6) is -3.58. The highest BCUT2D eigenvalue weighted by atomic mass is 19.3. The van der Waals surface area contributed by atoms with E-state index in [9.17, 15) is 8.78 Å². The number of halogens is 2. The second-order valence-electron chi connectivity index (χ2n) is 10.9. The van der Waals surface area contributed by atoms with Crippen LogP contribution in [0, 0.1) is 11.8 Å². The van der Waals surface area contributed by atoms with Gasteiger partial charge in [-0.15, -0.1) is 0 Å². The molecule has 1 saturated heterocycles. The van der Waals surface area contributed by atoms with Crippen LogP contribution >= 0.6 is 0 Å². The number of nitrogens with zero attached hydrogens (tertiary/aromatic N) is 1. The first-order valence-electron chi connectivity index (χ1n) is 13.8. The minimum atomic E-state index is -2.86. The van der Waals surface area contributed by atoms with Crippen LogP contribution in [0.3, 0.4) is 0 Å². The first-order chi connectivity index (χ1) is 19.0. The molecule has 1 aromatic heterocycles. The predicted molar refractivity (Wildman–Crippen MR) is 162 cm³/mol. The third-order valence-electron chi connectivity index (χ3n) is 7.81. The highest BCUT2D eigenvalue weighted by Gasteiger charge is 2.34. The molecule has 7 heteroatoms. The number of aromatic amines is 1. The number of para-hydroxylation sites is 1. The van der Waals surface area contributed by atoms with Crippen molar-refractivity contribution in [3.63, 3.8) is 0 Å². The van der Waals surface area contributed by atoms with Crippen molar-refractivity contribution in [2.45, 2.75) is 45.2 Å². The molecule has 1 aliphatic heterocycles. The second-order valence-corrected chi connectivity index (χ2v) is 10.9. The molecule has 0 amide bonds. The predicted octanol–water partition coefficient (Wildman–Crippen LogP) is 6.98. The number of hydrazine groups is 1. The summed E-state index contributed by atoms with van der Waals surface area (Å²) in [6, 6.07) is 19.7. The number of H-pyrrole nitrogens is 1. The molecular weight excluding hydrogens is 504 g/mol. The molecule has 4 rings (SSSR count). The van der Waals surface area contributed by atoms with Crippen LogP contribution in [0.1, 0.15) is 37.9 Å². The SMILES string of the molecule is C=C(NCc1ccccc1)C(=C)C(CC1CCNC1=C)NN(CC(C)C(C)(F)F)C(=C)c1cc2ccccc2[nH]1. The van der Waals surface area contributed by atoms with E-state index in [4.69, 9.17) is 0 Å². The van der Waals surface area contributed by atoms with E-state index in [1.807, 2.05) is 60.7 Å². The summed E-state index contributed by atoms with van der Waals surface area (Å²) in [6.07, 6.45) is 1.63. The Morgan fingerprint density at radius 1 is 1.10 bits per heavy atom. The van der Waals surface area contributed by atoms with Crippen LogP contribution in [-0.4, -0.2) is 35.0 Å². The normalized spacial score (nSPS) is 16.8. The van der Waals surface area contributed by atoms with E-state index < -0.39 is 11.8 Å². The van der Waals surface area contributed by atoms with Gasteiger partial charge in [0.25, 0.3) is 0 Å². The largest absolute Gasteiger partial charge is 0.389 e. The van der Waals surface area contributed by atoms with Gasteiger partial charge in [0.2, 0.25) is 5.92 Å². The molecule has 212 valence electrons. The molecule has 3 atom stereocenters. The van der Waals surface area contributed by atoms with Crippen molar-refractivity contribution in [2.75, 3.05) is 13.1 Å². The number of hydrogen-bond donors (Lipinski definition) is 4. The second kappa shape index (κ2) is 12.6. The van der Waals surface area contributed by atoms with Crippen LogP contribution in [0.5, 0.6) is 0 Å². The number of hydrogen-bond acceptors (Lipinski definition) is 4. The lowest BCUT2D eigenvalue weighted by molar-refractivity contribution is -0.0436. The van der Waals surface area contributed by atoms with Crippen molar-refractivity contribution in [2.24, 2.45) is 11.8 Å². The number of nitrogens with one attached hydrogen (secondary N) is 4. The Balaban J connectivity index is 1.60. The summed E-state index contributed by atoms with van der Waals surface area (Å²) >= 11 is 0. The topological polar surface area (TPSA) is 55.1 Å². The molecule has 0 aliphatic carbocycles. The zero-order valence-electron chi connectivity index (χ0n) is 23.6. The number of rotatable bonds is 14. The van der Waals surface area contributed by atoms with Crippen molar-refractivity contribution >= 4 is 16.6 Å². The third kappa shape index (κ3) is 7.21. The molecule has 0 bridgehead atoms. The number of fused-ring (bicyclic) bond motifs is 1. The first-order valence-corrected chi connectivity index (χ1v) is 13.8. The minimum absolute atomic E-state index is 0.0509. The Bertz CT molecular complexity index is 1320. The summed E-state index contributed by atoms with van der Waals surface area (Å²) in [4.78, 5) is 3.39.